The lowest BCUT2D eigenvalue weighted by atomic mass is 9.92. The van der Waals surface area contributed by atoms with Crippen LogP contribution in [0.4, 0.5) is 17.1 Å². The van der Waals surface area contributed by atoms with E-state index in [4.69, 9.17) is 9.98 Å². The van der Waals surface area contributed by atoms with Crippen molar-refractivity contribution in [1.82, 2.24) is 0 Å². The zero-order valence-corrected chi connectivity index (χ0v) is 20.3. The minimum Gasteiger partial charge on any atom is -0.258 e. The molecule has 0 N–H and O–H groups in total. The van der Waals surface area contributed by atoms with Crippen molar-refractivity contribution in [2.45, 2.75) is 39.5 Å². The second kappa shape index (κ2) is 8.91. The molecule has 0 aromatic heterocycles. The third kappa shape index (κ3) is 4.03. The van der Waals surface area contributed by atoms with Crippen LogP contribution in [0.1, 0.15) is 61.8 Å². The summed E-state index contributed by atoms with van der Waals surface area (Å²) < 4.78 is 0. The number of benzene rings is 4. The van der Waals surface area contributed by atoms with Crippen LogP contribution in [0, 0.1) is 10.1 Å². The summed E-state index contributed by atoms with van der Waals surface area (Å²) in [5, 5.41) is 13.4. The fourth-order valence-corrected chi connectivity index (χ4v) is 4.75. The fraction of sp³-hybridized carbons (Fsp3) is 0.200. The van der Waals surface area contributed by atoms with Crippen molar-refractivity contribution in [2.75, 3.05) is 0 Å². The van der Waals surface area contributed by atoms with E-state index in [2.05, 4.69) is 76.2 Å². The normalized spacial score (nSPS) is 15.1. The van der Waals surface area contributed by atoms with Gasteiger partial charge in [0.2, 0.25) is 0 Å². The maximum Gasteiger partial charge on any atom is 0.269 e. The van der Waals surface area contributed by atoms with Gasteiger partial charge in [-0.05, 0) is 40.5 Å². The molecule has 0 saturated heterocycles. The number of hydrogen-bond donors (Lipinski definition) is 0. The molecule has 0 fully saturated rings. The lowest BCUT2D eigenvalue weighted by Crippen LogP contribution is -2.11. The summed E-state index contributed by atoms with van der Waals surface area (Å²) >= 11 is 0. The molecule has 5 nitrogen and oxygen atoms in total. The molecule has 4 aromatic rings. The first-order chi connectivity index (χ1) is 16.8. The fourth-order valence-electron chi connectivity index (χ4n) is 4.75. The van der Waals surface area contributed by atoms with E-state index in [0.717, 1.165) is 39.0 Å². The molecule has 5 heteroatoms. The van der Waals surface area contributed by atoms with Crippen molar-refractivity contribution in [3.05, 3.63) is 111 Å². The van der Waals surface area contributed by atoms with E-state index >= 15 is 0 Å². The Hall–Kier alpha value is -4.12. The highest BCUT2D eigenvalue weighted by atomic mass is 16.6. The van der Waals surface area contributed by atoms with Gasteiger partial charge in [-0.25, -0.2) is 9.98 Å². The molecule has 4 aromatic carbocycles. The van der Waals surface area contributed by atoms with Gasteiger partial charge in [0.05, 0.1) is 27.7 Å². The Kier molecular flexibility index (Phi) is 5.77. The second-order valence-corrected chi connectivity index (χ2v) is 9.50. The molecule has 35 heavy (non-hydrogen) atoms. The van der Waals surface area contributed by atoms with Crippen LogP contribution >= 0.6 is 0 Å². The van der Waals surface area contributed by atoms with Crippen molar-refractivity contribution in [3.63, 3.8) is 0 Å². The Bertz CT molecular complexity index is 1480. The van der Waals surface area contributed by atoms with Crippen molar-refractivity contribution in [2.24, 2.45) is 9.98 Å². The summed E-state index contributed by atoms with van der Waals surface area (Å²) in [6.45, 7) is 8.77. The van der Waals surface area contributed by atoms with E-state index in [-0.39, 0.29) is 5.69 Å². The van der Waals surface area contributed by atoms with Crippen LogP contribution in [0.25, 0.3) is 10.8 Å². The summed E-state index contributed by atoms with van der Waals surface area (Å²) in [7, 11) is 0. The quantitative estimate of drug-likeness (QED) is 0.222. The summed E-state index contributed by atoms with van der Waals surface area (Å²) in [5.41, 5.74) is 7.85. The molecule has 0 unspecified atom stereocenters. The highest BCUT2D eigenvalue weighted by Crippen LogP contribution is 2.39. The Morgan fingerprint density at radius 3 is 1.71 bits per heavy atom. The average molecular weight is 462 g/mol. The predicted molar refractivity (Wildman–Crippen MR) is 144 cm³/mol. The molecule has 0 radical (unpaired) electrons. The first kappa shape index (κ1) is 22.7. The van der Waals surface area contributed by atoms with Crippen LogP contribution in [-0.4, -0.2) is 16.3 Å². The van der Waals surface area contributed by atoms with Gasteiger partial charge in [0.1, 0.15) is 0 Å². The monoisotopic (exact) mass is 461 g/mol. The first-order valence-electron chi connectivity index (χ1n) is 11.9. The van der Waals surface area contributed by atoms with E-state index in [1.54, 1.807) is 12.1 Å². The van der Waals surface area contributed by atoms with Crippen LogP contribution in [0.2, 0.25) is 0 Å². The molecule has 0 bridgehead atoms. The minimum atomic E-state index is -0.397. The van der Waals surface area contributed by atoms with Gasteiger partial charge in [0, 0.05) is 28.6 Å². The molecule has 0 heterocycles. The summed E-state index contributed by atoms with van der Waals surface area (Å²) in [6, 6.07) is 25.3. The molecule has 0 saturated carbocycles. The van der Waals surface area contributed by atoms with Gasteiger partial charge in [-0.3, -0.25) is 10.1 Å². The van der Waals surface area contributed by atoms with Gasteiger partial charge in [-0.15, -0.1) is 0 Å². The maximum atomic E-state index is 11.1. The number of aliphatic imine (C=N–C) groups is 2. The third-order valence-corrected chi connectivity index (χ3v) is 6.51. The van der Waals surface area contributed by atoms with Crippen molar-refractivity contribution < 1.29 is 4.92 Å². The molecule has 1 aliphatic carbocycles. The summed E-state index contributed by atoms with van der Waals surface area (Å²) in [6.07, 6.45) is 0. The number of hydrogen-bond acceptors (Lipinski definition) is 4. The van der Waals surface area contributed by atoms with Crippen LogP contribution in [0.15, 0.2) is 88.8 Å². The summed E-state index contributed by atoms with van der Waals surface area (Å²) in [4.78, 5) is 21.0. The smallest absolute Gasteiger partial charge is 0.258 e. The van der Waals surface area contributed by atoms with E-state index in [1.165, 1.54) is 23.3 Å². The molecule has 0 spiro atoms. The lowest BCUT2D eigenvalue weighted by molar-refractivity contribution is -0.384. The van der Waals surface area contributed by atoms with Crippen LogP contribution in [-0.2, 0) is 0 Å². The van der Waals surface area contributed by atoms with Crippen molar-refractivity contribution in [1.29, 1.82) is 0 Å². The zero-order valence-electron chi connectivity index (χ0n) is 20.3. The van der Waals surface area contributed by atoms with E-state index < -0.39 is 4.92 Å². The maximum absolute atomic E-state index is 11.1. The summed E-state index contributed by atoms with van der Waals surface area (Å²) in [5.74, 6) is 0.644. The molecular formula is C30H27N3O2. The highest BCUT2D eigenvalue weighted by molar-refractivity contribution is 6.61. The zero-order chi connectivity index (χ0) is 24.7. The van der Waals surface area contributed by atoms with Crippen LogP contribution in [0.3, 0.4) is 0 Å². The molecule has 5 rings (SSSR count). The molecule has 0 atom stereocenters. The Balaban J connectivity index is 1.78. The van der Waals surface area contributed by atoms with Crippen molar-refractivity contribution in [3.8, 4) is 0 Å². The Morgan fingerprint density at radius 2 is 1.20 bits per heavy atom. The van der Waals surface area contributed by atoms with Gasteiger partial charge in [-0.2, -0.15) is 0 Å². The van der Waals surface area contributed by atoms with E-state index in [9.17, 15) is 10.1 Å². The second-order valence-electron chi connectivity index (χ2n) is 9.50. The SMILES string of the molecule is CC(C)c1cccc(C(C)C)c1N=C1C(=Nc2ccc([N+](=O)[O-])cc2)c2cccc3cccc1c23. The van der Waals surface area contributed by atoms with E-state index in [1.807, 2.05) is 6.07 Å². The van der Waals surface area contributed by atoms with Gasteiger partial charge < -0.3 is 0 Å². The number of nitrogens with zero attached hydrogens (tertiary/aromatic N) is 3. The van der Waals surface area contributed by atoms with Gasteiger partial charge in [0.15, 0.2) is 0 Å². The van der Waals surface area contributed by atoms with Crippen molar-refractivity contribution >= 4 is 39.3 Å². The average Bonchev–Trinajstić information content (AvgIpc) is 3.13. The third-order valence-electron chi connectivity index (χ3n) is 6.51. The molecular weight excluding hydrogens is 434 g/mol. The Labute approximate surface area is 205 Å². The van der Waals surface area contributed by atoms with Gasteiger partial charge in [-0.1, -0.05) is 82.3 Å². The van der Waals surface area contributed by atoms with Gasteiger partial charge in [0.25, 0.3) is 5.69 Å². The topological polar surface area (TPSA) is 67.9 Å². The molecule has 0 aliphatic heterocycles. The molecule has 1 aliphatic rings. The standard InChI is InChI=1S/C30H27N3O2/c1-18(2)23-10-7-11-24(19(3)4)28(23)32-30-26-13-6-9-20-8-5-12-25(27(20)26)29(30)31-21-14-16-22(17-15-21)33(34)35/h5-19H,1-4H3. The Morgan fingerprint density at radius 1 is 0.686 bits per heavy atom. The predicted octanol–water partition coefficient (Wildman–Crippen LogP) is 8.25. The number of nitro benzene ring substituents is 1. The van der Waals surface area contributed by atoms with Gasteiger partial charge >= 0.3 is 0 Å². The number of nitro groups is 1. The minimum absolute atomic E-state index is 0.0482. The number of rotatable bonds is 5. The largest absolute Gasteiger partial charge is 0.269 e. The van der Waals surface area contributed by atoms with Crippen LogP contribution < -0.4 is 0 Å². The highest BCUT2D eigenvalue weighted by Gasteiger charge is 2.28. The molecule has 174 valence electrons. The first-order valence-corrected chi connectivity index (χ1v) is 11.9. The van der Waals surface area contributed by atoms with Crippen LogP contribution in [0.5, 0.6) is 0 Å². The van der Waals surface area contributed by atoms with E-state index in [0.29, 0.717) is 17.5 Å². The lowest BCUT2D eigenvalue weighted by Gasteiger charge is -2.17. The number of non-ortho nitro benzene ring substituents is 1. The molecule has 0 amide bonds. The number of para-hydroxylation sites is 1.